The van der Waals surface area contributed by atoms with E-state index in [0.717, 1.165) is 18.4 Å². The van der Waals surface area contributed by atoms with Crippen molar-refractivity contribution in [3.05, 3.63) is 47.6 Å². The number of allylic oxidation sites excluding steroid dienone is 4. The molecule has 0 bridgehead atoms. The van der Waals surface area contributed by atoms with E-state index in [0.29, 0.717) is 0 Å². The molecular formula is C12H12O2. The smallest absolute Gasteiger partial charge is 0.122 e. The van der Waals surface area contributed by atoms with Crippen LogP contribution in [0.15, 0.2) is 42.0 Å². The first-order valence-corrected chi connectivity index (χ1v) is 4.62. The Kier molecular flexibility index (Phi) is 2.27. The number of hydrogen-bond donors (Lipinski definition) is 2. The molecule has 0 heterocycles. The molecule has 2 rings (SSSR count). The molecule has 0 spiro atoms. The highest BCUT2D eigenvalue weighted by Gasteiger charge is 2.05. The van der Waals surface area contributed by atoms with Gasteiger partial charge < -0.3 is 10.2 Å². The standard InChI is InChI=1S/C12H12O2/c13-11-6-5-10(12(14)8-11)7-9-3-1-2-4-9/h1,3-6,8,13-14H,2,7H2. The summed E-state index contributed by atoms with van der Waals surface area (Å²) in [5.41, 5.74) is 2.06. The van der Waals surface area contributed by atoms with Gasteiger partial charge in [-0.15, -0.1) is 0 Å². The van der Waals surface area contributed by atoms with Crippen molar-refractivity contribution < 1.29 is 10.2 Å². The van der Waals surface area contributed by atoms with E-state index in [1.807, 2.05) is 0 Å². The molecule has 1 aliphatic carbocycles. The highest BCUT2D eigenvalue weighted by molar-refractivity contribution is 5.43. The molecule has 1 aromatic carbocycles. The van der Waals surface area contributed by atoms with E-state index < -0.39 is 0 Å². The van der Waals surface area contributed by atoms with Gasteiger partial charge >= 0.3 is 0 Å². The van der Waals surface area contributed by atoms with Crippen LogP contribution >= 0.6 is 0 Å². The third-order valence-electron chi connectivity index (χ3n) is 2.31. The van der Waals surface area contributed by atoms with Gasteiger partial charge in [-0.2, -0.15) is 0 Å². The molecule has 0 atom stereocenters. The predicted molar refractivity (Wildman–Crippen MR) is 55.3 cm³/mol. The van der Waals surface area contributed by atoms with Crippen LogP contribution in [0, 0.1) is 0 Å². The van der Waals surface area contributed by atoms with Crippen LogP contribution in [0.4, 0.5) is 0 Å². The topological polar surface area (TPSA) is 40.5 Å². The summed E-state index contributed by atoms with van der Waals surface area (Å²) in [6.07, 6.45) is 7.99. The summed E-state index contributed by atoms with van der Waals surface area (Å²) in [6, 6.07) is 4.71. The maximum Gasteiger partial charge on any atom is 0.122 e. The molecule has 0 aromatic heterocycles. The zero-order valence-corrected chi connectivity index (χ0v) is 7.77. The van der Waals surface area contributed by atoms with Crippen molar-refractivity contribution in [3.8, 4) is 11.5 Å². The van der Waals surface area contributed by atoms with Crippen LogP contribution in [0.5, 0.6) is 11.5 Å². The molecule has 0 fully saturated rings. The molecule has 0 saturated carbocycles. The summed E-state index contributed by atoms with van der Waals surface area (Å²) in [4.78, 5) is 0. The highest BCUT2D eigenvalue weighted by Crippen LogP contribution is 2.26. The monoisotopic (exact) mass is 188 g/mol. The third-order valence-corrected chi connectivity index (χ3v) is 2.31. The van der Waals surface area contributed by atoms with Crippen molar-refractivity contribution in [1.82, 2.24) is 0 Å². The van der Waals surface area contributed by atoms with Gasteiger partial charge in [0.25, 0.3) is 0 Å². The quantitative estimate of drug-likeness (QED) is 0.748. The van der Waals surface area contributed by atoms with E-state index in [4.69, 9.17) is 5.11 Å². The molecule has 0 radical (unpaired) electrons. The van der Waals surface area contributed by atoms with Crippen LogP contribution in [0.1, 0.15) is 12.0 Å². The van der Waals surface area contributed by atoms with Crippen molar-refractivity contribution in [3.63, 3.8) is 0 Å². The molecule has 14 heavy (non-hydrogen) atoms. The van der Waals surface area contributed by atoms with Gasteiger partial charge in [0.2, 0.25) is 0 Å². The average Bonchev–Trinajstić information content (AvgIpc) is 2.62. The normalized spacial score (nSPS) is 14.4. The van der Waals surface area contributed by atoms with Gasteiger partial charge in [-0.05, 0) is 23.6 Å². The first-order chi connectivity index (χ1) is 6.75. The zero-order valence-electron chi connectivity index (χ0n) is 7.77. The molecule has 0 unspecified atom stereocenters. The van der Waals surface area contributed by atoms with E-state index in [-0.39, 0.29) is 11.5 Å². The largest absolute Gasteiger partial charge is 0.508 e. The van der Waals surface area contributed by atoms with Crippen LogP contribution < -0.4 is 0 Å². The van der Waals surface area contributed by atoms with Crippen molar-refractivity contribution in [2.24, 2.45) is 0 Å². The number of benzene rings is 1. The zero-order chi connectivity index (χ0) is 9.97. The number of phenols is 2. The second-order valence-corrected chi connectivity index (χ2v) is 3.41. The molecule has 2 nitrogen and oxygen atoms in total. The Morgan fingerprint density at radius 2 is 2.07 bits per heavy atom. The summed E-state index contributed by atoms with van der Waals surface area (Å²) < 4.78 is 0. The van der Waals surface area contributed by atoms with Crippen LogP contribution in [0.3, 0.4) is 0 Å². The second-order valence-electron chi connectivity index (χ2n) is 3.41. The Labute approximate surface area is 82.8 Å². The molecular weight excluding hydrogens is 176 g/mol. The van der Waals surface area contributed by atoms with Crippen LogP contribution in [0.25, 0.3) is 0 Å². The lowest BCUT2D eigenvalue weighted by atomic mass is 10.1. The molecule has 0 aliphatic heterocycles. The van der Waals surface area contributed by atoms with Gasteiger partial charge in [0.1, 0.15) is 11.5 Å². The summed E-state index contributed by atoms with van der Waals surface area (Å²) >= 11 is 0. The Bertz CT molecular complexity index is 403. The van der Waals surface area contributed by atoms with Crippen LogP contribution in [0.2, 0.25) is 0 Å². The Morgan fingerprint density at radius 3 is 2.71 bits per heavy atom. The number of rotatable bonds is 2. The Hall–Kier alpha value is -1.70. The summed E-state index contributed by atoms with van der Waals surface area (Å²) in [6.45, 7) is 0. The first kappa shape index (κ1) is 8.88. The van der Waals surface area contributed by atoms with Gasteiger partial charge in [0.05, 0.1) is 0 Å². The summed E-state index contributed by atoms with van der Waals surface area (Å²) in [5.74, 6) is 0.258. The predicted octanol–water partition coefficient (Wildman–Crippen LogP) is 2.53. The molecule has 1 aliphatic rings. The van der Waals surface area contributed by atoms with Gasteiger partial charge in [-0.3, -0.25) is 0 Å². The maximum absolute atomic E-state index is 9.54. The lowest BCUT2D eigenvalue weighted by Gasteiger charge is -2.04. The van der Waals surface area contributed by atoms with Gasteiger partial charge in [-0.1, -0.05) is 24.3 Å². The van der Waals surface area contributed by atoms with Gasteiger partial charge in [-0.25, -0.2) is 0 Å². The molecule has 0 saturated heterocycles. The van der Waals surface area contributed by atoms with Gasteiger partial charge in [0.15, 0.2) is 0 Å². The van der Waals surface area contributed by atoms with E-state index >= 15 is 0 Å². The summed E-state index contributed by atoms with van der Waals surface area (Å²) in [5, 5.41) is 18.7. The Balaban J connectivity index is 2.20. The van der Waals surface area contributed by atoms with Crippen molar-refractivity contribution in [1.29, 1.82) is 0 Å². The molecule has 2 N–H and O–H groups in total. The first-order valence-electron chi connectivity index (χ1n) is 4.62. The summed E-state index contributed by atoms with van der Waals surface area (Å²) in [7, 11) is 0. The van der Waals surface area contributed by atoms with E-state index in [1.54, 1.807) is 12.1 Å². The van der Waals surface area contributed by atoms with Crippen molar-refractivity contribution in [2.45, 2.75) is 12.8 Å². The second kappa shape index (κ2) is 3.58. The number of hydrogen-bond acceptors (Lipinski definition) is 2. The van der Waals surface area contributed by atoms with Crippen LogP contribution in [-0.2, 0) is 6.42 Å². The fourth-order valence-electron chi connectivity index (χ4n) is 1.56. The van der Waals surface area contributed by atoms with Crippen LogP contribution in [-0.4, -0.2) is 10.2 Å². The lowest BCUT2D eigenvalue weighted by molar-refractivity contribution is 0.447. The highest BCUT2D eigenvalue weighted by atomic mass is 16.3. The number of phenolic OH excluding ortho intramolecular Hbond substituents is 2. The fourth-order valence-corrected chi connectivity index (χ4v) is 1.56. The van der Waals surface area contributed by atoms with E-state index in [2.05, 4.69) is 18.2 Å². The molecule has 2 heteroatoms. The van der Waals surface area contributed by atoms with Crippen molar-refractivity contribution >= 4 is 0 Å². The molecule has 0 amide bonds. The Morgan fingerprint density at radius 1 is 1.21 bits per heavy atom. The lowest BCUT2D eigenvalue weighted by Crippen LogP contribution is -1.87. The molecule has 1 aromatic rings. The van der Waals surface area contributed by atoms with E-state index in [9.17, 15) is 5.11 Å². The SMILES string of the molecule is Oc1ccc(CC2=CCC=C2)c(O)c1. The number of aromatic hydroxyl groups is 2. The maximum atomic E-state index is 9.54. The minimum absolute atomic E-state index is 0.0993. The van der Waals surface area contributed by atoms with Gasteiger partial charge in [0, 0.05) is 12.5 Å². The third kappa shape index (κ3) is 1.79. The minimum Gasteiger partial charge on any atom is -0.508 e. The fraction of sp³-hybridized carbons (Fsp3) is 0.167. The minimum atomic E-state index is 0.0993. The molecule has 72 valence electrons. The van der Waals surface area contributed by atoms with Crippen molar-refractivity contribution in [2.75, 3.05) is 0 Å². The van der Waals surface area contributed by atoms with E-state index in [1.165, 1.54) is 11.6 Å². The average molecular weight is 188 g/mol.